The standard InChI is InChI=1S/C17H25N3O3/c1-3-4-5-16(21)20-11-17(12-20)8-14(6-7-22-17)23-15-10-18-9-13(2)19-15/h9-10,14H,3-8,11-12H2,1-2H3/t14-/m1/s1. The highest BCUT2D eigenvalue weighted by Crippen LogP contribution is 2.35. The maximum atomic E-state index is 12.0. The van der Waals surface area contributed by atoms with Crippen LogP contribution in [0.1, 0.15) is 44.7 Å². The van der Waals surface area contributed by atoms with Crippen molar-refractivity contribution in [1.29, 1.82) is 0 Å². The fourth-order valence-corrected chi connectivity index (χ4v) is 3.28. The summed E-state index contributed by atoms with van der Waals surface area (Å²) in [5.74, 6) is 0.816. The van der Waals surface area contributed by atoms with Crippen molar-refractivity contribution in [2.24, 2.45) is 0 Å². The van der Waals surface area contributed by atoms with Gasteiger partial charge >= 0.3 is 0 Å². The lowest BCUT2D eigenvalue weighted by Gasteiger charge is -2.52. The molecular weight excluding hydrogens is 294 g/mol. The summed E-state index contributed by atoms with van der Waals surface area (Å²) >= 11 is 0. The van der Waals surface area contributed by atoms with Crippen LogP contribution >= 0.6 is 0 Å². The van der Waals surface area contributed by atoms with E-state index in [-0.39, 0.29) is 17.6 Å². The largest absolute Gasteiger partial charge is 0.473 e. The molecule has 2 saturated heterocycles. The summed E-state index contributed by atoms with van der Waals surface area (Å²) < 4.78 is 11.9. The number of carbonyl (C=O) groups excluding carboxylic acids is 1. The molecule has 0 aromatic carbocycles. The number of aromatic nitrogens is 2. The maximum absolute atomic E-state index is 12.0. The van der Waals surface area contributed by atoms with Crippen molar-refractivity contribution in [3.63, 3.8) is 0 Å². The fourth-order valence-electron chi connectivity index (χ4n) is 3.28. The van der Waals surface area contributed by atoms with Crippen LogP contribution in [0.3, 0.4) is 0 Å². The summed E-state index contributed by atoms with van der Waals surface area (Å²) in [5.41, 5.74) is 0.628. The molecule has 1 atom stereocenters. The number of ether oxygens (including phenoxy) is 2. The van der Waals surface area contributed by atoms with Gasteiger partial charge in [-0.3, -0.25) is 9.78 Å². The number of amides is 1. The van der Waals surface area contributed by atoms with Gasteiger partial charge in [-0.2, -0.15) is 0 Å². The van der Waals surface area contributed by atoms with E-state index < -0.39 is 0 Å². The Bertz CT molecular complexity index is 558. The van der Waals surface area contributed by atoms with Gasteiger partial charge < -0.3 is 14.4 Å². The van der Waals surface area contributed by atoms with Crippen LogP contribution in [0.2, 0.25) is 0 Å². The van der Waals surface area contributed by atoms with Gasteiger partial charge in [-0.15, -0.1) is 0 Å². The van der Waals surface area contributed by atoms with Crippen LogP contribution in [-0.4, -0.2) is 52.2 Å². The molecule has 1 aromatic rings. The van der Waals surface area contributed by atoms with Crippen molar-refractivity contribution in [2.45, 2.75) is 57.7 Å². The van der Waals surface area contributed by atoms with Gasteiger partial charge in [0.25, 0.3) is 0 Å². The summed E-state index contributed by atoms with van der Waals surface area (Å²) in [6, 6.07) is 0. The van der Waals surface area contributed by atoms with E-state index in [9.17, 15) is 4.79 Å². The van der Waals surface area contributed by atoms with E-state index in [1.165, 1.54) is 0 Å². The number of aryl methyl sites for hydroxylation is 1. The molecule has 1 amide bonds. The van der Waals surface area contributed by atoms with E-state index >= 15 is 0 Å². The van der Waals surface area contributed by atoms with Gasteiger partial charge in [0.05, 0.1) is 31.6 Å². The van der Waals surface area contributed by atoms with E-state index in [4.69, 9.17) is 9.47 Å². The summed E-state index contributed by atoms with van der Waals surface area (Å²) in [4.78, 5) is 22.4. The Labute approximate surface area is 137 Å². The van der Waals surface area contributed by atoms with E-state index in [1.54, 1.807) is 12.4 Å². The van der Waals surface area contributed by atoms with E-state index in [2.05, 4.69) is 16.9 Å². The minimum absolute atomic E-state index is 0.0766. The van der Waals surface area contributed by atoms with Crippen molar-refractivity contribution in [3.8, 4) is 5.88 Å². The molecule has 0 bridgehead atoms. The maximum Gasteiger partial charge on any atom is 0.232 e. The SMILES string of the molecule is CCCCC(=O)N1CC2(C[C@H](Oc3cncc(C)n3)CCO2)C1. The molecule has 0 aliphatic carbocycles. The molecule has 6 heteroatoms. The smallest absolute Gasteiger partial charge is 0.232 e. The summed E-state index contributed by atoms with van der Waals surface area (Å²) in [5, 5.41) is 0. The average Bonchev–Trinajstić information content (AvgIpc) is 2.50. The molecule has 1 aromatic heterocycles. The Morgan fingerprint density at radius 3 is 3.04 bits per heavy atom. The number of likely N-dealkylation sites (tertiary alicyclic amines) is 1. The molecule has 0 saturated carbocycles. The zero-order chi connectivity index (χ0) is 16.3. The Morgan fingerprint density at radius 2 is 2.30 bits per heavy atom. The van der Waals surface area contributed by atoms with Gasteiger partial charge in [0.2, 0.25) is 11.8 Å². The number of nitrogens with zero attached hydrogens (tertiary/aromatic N) is 3. The summed E-state index contributed by atoms with van der Waals surface area (Å²) in [6.07, 6.45) is 7.75. The number of hydrogen-bond acceptors (Lipinski definition) is 5. The second-order valence-corrected chi connectivity index (χ2v) is 6.62. The molecule has 0 unspecified atom stereocenters. The van der Waals surface area contributed by atoms with Gasteiger partial charge in [-0.1, -0.05) is 13.3 Å². The van der Waals surface area contributed by atoms with E-state index in [1.807, 2.05) is 11.8 Å². The molecule has 126 valence electrons. The van der Waals surface area contributed by atoms with Crippen molar-refractivity contribution in [1.82, 2.24) is 14.9 Å². The fraction of sp³-hybridized carbons (Fsp3) is 0.706. The zero-order valence-electron chi connectivity index (χ0n) is 14.0. The Kier molecular flexibility index (Phi) is 4.80. The monoisotopic (exact) mass is 319 g/mol. The molecule has 0 radical (unpaired) electrons. The van der Waals surface area contributed by atoms with Crippen molar-refractivity contribution in [3.05, 3.63) is 18.1 Å². The Hall–Kier alpha value is -1.69. The lowest BCUT2D eigenvalue weighted by atomic mass is 9.84. The minimum atomic E-state index is -0.220. The molecule has 0 N–H and O–H groups in total. The van der Waals surface area contributed by atoms with E-state index in [0.29, 0.717) is 32.0 Å². The lowest BCUT2D eigenvalue weighted by molar-refractivity contribution is -0.193. The van der Waals surface area contributed by atoms with Crippen LogP contribution in [-0.2, 0) is 9.53 Å². The highest BCUT2D eigenvalue weighted by molar-refractivity contribution is 5.77. The first-order valence-electron chi connectivity index (χ1n) is 8.47. The Balaban J connectivity index is 1.52. The van der Waals surface area contributed by atoms with Crippen molar-refractivity contribution >= 4 is 5.91 Å². The van der Waals surface area contributed by atoms with Gasteiger partial charge in [-0.25, -0.2) is 4.98 Å². The number of rotatable bonds is 5. The first-order valence-corrected chi connectivity index (χ1v) is 8.47. The van der Waals surface area contributed by atoms with Crippen LogP contribution < -0.4 is 4.74 Å². The number of unbranched alkanes of at least 4 members (excludes halogenated alkanes) is 1. The molecule has 23 heavy (non-hydrogen) atoms. The first kappa shape index (κ1) is 16.2. The third-order valence-corrected chi connectivity index (χ3v) is 4.52. The highest BCUT2D eigenvalue weighted by atomic mass is 16.5. The van der Waals surface area contributed by atoms with Crippen LogP contribution in [0.4, 0.5) is 0 Å². The summed E-state index contributed by atoms with van der Waals surface area (Å²) in [6.45, 7) is 6.05. The zero-order valence-corrected chi connectivity index (χ0v) is 14.0. The highest BCUT2D eigenvalue weighted by Gasteiger charge is 2.49. The summed E-state index contributed by atoms with van der Waals surface area (Å²) in [7, 11) is 0. The van der Waals surface area contributed by atoms with Gasteiger partial charge in [0.15, 0.2) is 0 Å². The second-order valence-electron chi connectivity index (χ2n) is 6.62. The quantitative estimate of drug-likeness (QED) is 0.832. The molecular formula is C17H25N3O3. The number of carbonyl (C=O) groups is 1. The number of hydrogen-bond donors (Lipinski definition) is 0. The average molecular weight is 319 g/mol. The molecule has 2 aliphatic rings. The molecule has 2 fully saturated rings. The molecule has 1 spiro atoms. The molecule has 6 nitrogen and oxygen atoms in total. The lowest BCUT2D eigenvalue weighted by Crippen LogP contribution is -2.67. The molecule has 3 rings (SSSR count). The second kappa shape index (κ2) is 6.83. The Morgan fingerprint density at radius 1 is 1.48 bits per heavy atom. The van der Waals surface area contributed by atoms with Crippen molar-refractivity contribution < 1.29 is 14.3 Å². The third-order valence-electron chi connectivity index (χ3n) is 4.52. The third kappa shape index (κ3) is 3.80. The molecule has 3 heterocycles. The minimum Gasteiger partial charge on any atom is -0.473 e. The van der Waals surface area contributed by atoms with Crippen LogP contribution in [0.5, 0.6) is 5.88 Å². The van der Waals surface area contributed by atoms with Gasteiger partial charge in [0.1, 0.15) is 11.7 Å². The van der Waals surface area contributed by atoms with Crippen LogP contribution in [0.25, 0.3) is 0 Å². The van der Waals surface area contributed by atoms with E-state index in [0.717, 1.165) is 31.4 Å². The van der Waals surface area contributed by atoms with Crippen LogP contribution in [0.15, 0.2) is 12.4 Å². The predicted molar refractivity (Wildman–Crippen MR) is 85.2 cm³/mol. The van der Waals surface area contributed by atoms with Gasteiger partial charge in [0, 0.05) is 25.5 Å². The first-order chi connectivity index (χ1) is 11.1. The predicted octanol–water partition coefficient (Wildman–Crippen LogP) is 2.11. The topological polar surface area (TPSA) is 64.6 Å². The normalized spacial score (nSPS) is 22.7. The molecule has 2 aliphatic heterocycles. The van der Waals surface area contributed by atoms with Crippen LogP contribution in [0, 0.1) is 6.92 Å². The van der Waals surface area contributed by atoms with Gasteiger partial charge in [-0.05, 0) is 13.3 Å². The van der Waals surface area contributed by atoms with Crippen molar-refractivity contribution in [2.75, 3.05) is 19.7 Å².